The highest BCUT2D eigenvalue weighted by molar-refractivity contribution is 5.83. The summed E-state index contributed by atoms with van der Waals surface area (Å²) < 4.78 is 32.2. The van der Waals surface area contributed by atoms with Gasteiger partial charge in [0, 0.05) is 12.1 Å². The SMILES string of the molecule is CCCC1(C(=O)OCC)CCCN1N=Cc1cccc(F)c1F. The van der Waals surface area contributed by atoms with E-state index in [2.05, 4.69) is 5.10 Å². The Labute approximate surface area is 135 Å². The second-order valence-corrected chi connectivity index (χ2v) is 5.62. The molecule has 0 aliphatic carbocycles. The lowest BCUT2D eigenvalue weighted by molar-refractivity contribution is -0.156. The number of ether oxygens (including phenoxy) is 1. The van der Waals surface area contributed by atoms with Crippen molar-refractivity contribution in [2.24, 2.45) is 5.10 Å². The Morgan fingerprint density at radius 3 is 2.91 bits per heavy atom. The van der Waals surface area contributed by atoms with E-state index in [1.165, 1.54) is 18.3 Å². The predicted octanol–water partition coefficient (Wildman–Crippen LogP) is 3.50. The Hall–Kier alpha value is -1.98. The van der Waals surface area contributed by atoms with E-state index in [1.807, 2.05) is 6.92 Å². The van der Waals surface area contributed by atoms with Gasteiger partial charge in [-0.1, -0.05) is 25.5 Å². The van der Waals surface area contributed by atoms with Crippen molar-refractivity contribution in [1.82, 2.24) is 5.01 Å². The Morgan fingerprint density at radius 1 is 1.43 bits per heavy atom. The third kappa shape index (κ3) is 3.51. The zero-order valence-corrected chi connectivity index (χ0v) is 13.5. The monoisotopic (exact) mass is 324 g/mol. The molecule has 1 unspecified atom stereocenters. The first-order valence-electron chi connectivity index (χ1n) is 7.98. The number of hydrogen-bond donors (Lipinski definition) is 0. The molecule has 1 aromatic rings. The Balaban J connectivity index is 2.27. The van der Waals surface area contributed by atoms with Crippen LogP contribution in [-0.2, 0) is 9.53 Å². The van der Waals surface area contributed by atoms with Crippen molar-refractivity contribution in [3.8, 4) is 0 Å². The molecule has 0 bridgehead atoms. The van der Waals surface area contributed by atoms with Gasteiger partial charge in [-0.25, -0.2) is 13.6 Å². The molecule has 0 amide bonds. The van der Waals surface area contributed by atoms with Gasteiger partial charge in [0.1, 0.15) is 0 Å². The van der Waals surface area contributed by atoms with Crippen molar-refractivity contribution >= 4 is 12.2 Å². The molecule has 6 heteroatoms. The first kappa shape index (κ1) is 17.4. The van der Waals surface area contributed by atoms with Crippen LogP contribution in [0, 0.1) is 11.6 Å². The average Bonchev–Trinajstić information content (AvgIpc) is 2.93. The lowest BCUT2D eigenvalue weighted by Gasteiger charge is -2.34. The van der Waals surface area contributed by atoms with Crippen LogP contribution in [0.3, 0.4) is 0 Å². The second-order valence-electron chi connectivity index (χ2n) is 5.62. The highest BCUT2D eigenvalue weighted by atomic mass is 19.2. The van der Waals surface area contributed by atoms with E-state index >= 15 is 0 Å². The molecule has 1 aliphatic rings. The number of halogens is 2. The summed E-state index contributed by atoms with van der Waals surface area (Å²) in [5, 5.41) is 5.94. The van der Waals surface area contributed by atoms with Crippen LogP contribution in [0.2, 0.25) is 0 Å². The van der Waals surface area contributed by atoms with Crippen molar-refractivity contribution in [2.75, 3.05) is 13.2 Å². The lowest BCUT2D eigenvalue weighted by Crippen LogP contribution is -2.49. The number of carbonyl (C=O) groups is 1. The van der Waals surface area contributed by atoms with Crippen LogP contribution in [-0.4, -0.2) is 35.9 Å². The standard InChI is InChI=1S/C17H22F2N2O2/c1-3-9-17(16(22)23-4-2)10-6-11-21(17)20-12-13-7-5-8-14(18)15(13)19/h5,7-8,12H,3-4,6,9-11H2,1-2H3. The van der Waals surface area contributed by atoms with Gasteiger partial charge in [-0.15, -0.1) is 0 Å². The molecule has 23 heavy (non-hydrogen) atoms. The van der Waals surface area contributed by atoms with Gasteiger partial charge in [0.25, 0.3) is 0 Å². The van der Waals surface area contributed by atoms with Gasteiger partial charge in [0.05, 0.1) is 12.8 Å². The molecule has 1 heterocycles. The summed E-state index contributed by atoms with van der Waals surface area (Å²) >= 11 is 0. The predicted molar refractivity (Wildman–Crippen MR) is 84.2 cm³/mol. The summed E-state index contributed by atoms with van der Waals surface area (Å²) in [7, 11) is 0. The molecular weight excluding hydrogens is 302 g/mol. The second kappa shape index (κ2) is 7.53. The highest BCUT2D eigenvalue weighted by Gasteiger charge is 2.47. The first-order chi connectivity index (χ1) is 11.0. The first-order valence-corrected chi connectivity index (χ1v) is 7.98. The van der Waals surface area contributed by atoms with Gasteiger partial charge < -0.3 is 4.74 Å². The zero-order valence-electron chi connectivity index (χ0n) is 13.5. The fraction of sp³-hybridized carbons (Fsp3) is 0.529. The van der Waals surface area contributed by atoms with Gasteiger partial charge >= 0.3 is 5.97 Å². The number of hydrogen-bond acceptors (Lipinski definition) is 4. The summed E-state index contributed by atoms with van der Waals surface area (Å²) in [5.41, 5.74) is -0.739. The molecule has 2 rings (SSSR count). The maximum atomic E-state index is 13.7. The molecule has 126 valence electrons. The lowest BCUT2D eigenvalue weighted by atomic mass is 9.91. The van der Waals surface area contributed by atoms with Crippen molar-refractivity contribution in [1.29, 1.82) is 0 Å². The van der Waals surface area contributed by atoms with Crippen molar-refractivity contribution in [2.45, 2.75) is 45.1 Å². The molecule has 0 saturated carbocycles. The van der Waals surface area contributed by atoms with E-state index in [1.54, 1.807) is 11.9 Å². The Bertz CT molecular complexity index is 592. The van der Waals surface area contributed by atoms with Crippen LogP contribution in [0.15, 0.2) is 23.3 Å². The normalized spacial score (nSPS) is 21.1. The average molecular weight is 324 g/mol. The molecule has 0 radical (unpaired) electrons. The smallest absolute Gasteiger partial charge is 0.333 e. The molecule has 1 aromatic carbocycles. The maximum absolute atomic E-state index is 13.7. The van der Waals surface area contributed by atoms with E-state index in [0.29, 0.717) is 26.0 Å². The molecule has 1 atom stereocenters. The van der Waals surface area contributed by atoms with Gasteiger partial charge in [0.2, 0.25) is 0 Å². The number of rotatable bonds is 6. The number of hydrazone groups is 1. The van der Waals surface area contributed by atoms with Crippen LogP contribution in [0.1, 0.15) is 45.1 Å². The van der Waals surface area contributed by atoms with Gasteiger partial charge in [-0.3, -0.25) is 5.01 Å². The molecule has 0 N–H and O–H groups in total. The number of carbonyl (C=O) groups excluding carboxylic acids is 1. The summed E-state index contributed by atoms with van der Waals surface area (Å²) in [6.07, 6.45) is 4.16. The minimum Gasteiger partial charge on any atom is -0.464 e. The summed E-state index contributed by atoms with van der Waals surface area (Å²) in [6.45, 7) is 4.66. The fourth-order valence-corrected chi connectivity index (χ4v) is 3.03. The van der Waals surface area contributed by atoms with Crippen LogP contribution >= 0.6 is 0 Å². The molecular formula is C17H22F2N2O2. The number of benzene rings is 1. The highest BCUT2D eigenvalue weighted by Crippen LogP contribution is 2.35. The Kier molecular flexibility index (Phi) is 5.69. The quantitative estimate of drug-likeness (QED) is 0.594. The van der Waals surface area contributed by atoms with Crippen LogP contribution < -0.4 is 0 Å². The van der Waals surface area contributed by atoms with E-state index < -0.39 is 17.2 Å². The molecule has 1 fully saturated rings. The third-order valence-corrected chi connectivity index (χ3v) is 4.09. The fourth-order valence-electron chi connectivity index (χ4n) is 3.03. The number of esters is 1. The van der Waals surface area contributed by atoms with E-state index in [4.69, 9.17) is 4.74 Å². The summed E-state index contributed by atoms with van der Waals surface area (Å²) in [5.74, 6) is -2.15. The molecule has 4 nitrogen and oxygen atoms in total. The molecule has 0 spiro atoms. The summed E-state index contributed by atoms with van der Waals surface area (Å²) in [6, 6.07) is 3.93. The molecule has 1 saturated heterocycles. The van der Waals surface area contributed by atoms with Gasteiger partial charge in [-0.2, -0.15) is 5.10 Å². The molecule has 0 aromatic heterocycles. The van der Waals surface area contributed by atoms with Crippen LogP contribution in [0.25, 0.3) is 0 Å². The zero-order chi connectivity index (χ0) is 16.9. The van der Waals surface area contributed by atoms with Gasteiger partial charge in [-0.05, 0) is 32.3 Å². The largest absolute Gasteiger partial charge is 0.464 e. The van der Waals surface area contributed by atoms with E-state index in [0.717, 1.165) is 18.9 Å². The van der Waals surface area contributed by atoms with Gasteiger partial charge in [0.15, 0.2) is 17.2 Å². The Morgan fingerprint density at radius 2 is 2.22 bits per heavy atom. The van der Waals surface area contributed by atoms with Crippen molar-refractivity contribution in [3.05, 3.63) is 35.4 Å². The van der Waals surface area contributed by atoms with Crippen LogP contribution in [0.5, 0.6) is 0 Å². The minimum absolute atomic E-state index is 0.0613. The number of nitrogens with zero attached hydrogens (tertiary/aromatic N) is 2. The topological polar surface area (TPSA) is 41.9 Å². The van der Waals surface area contributed by atoms with Crippen molar-refractivity contribution < 1.29 is 18.3 Å². The summed E-state index contributed by atoms with van der Waals surface area (Å²) in [4.78, 5) is 12.4. The van der Waals surface area contributed by atoms with E-state index in [-0.39, 0.29) is 11.5 Å². The van der Waals surface area contributed by atoms with Crippen LogP contribution in [0.4, 0.5) is 8.78 Å². The minimum atomic E-state index is -0.937. The van der Waals surface area contributed by atoms with Crippen molar-refractivity contribution in [3.63, 3.8) is 0 Å². The third-order valence-electron chi connectivity index (χ3n) is 4.09. The maximum Gasteiger partial charge on any atom is 0.333 e. The molecule has 1 aliphatic heterocycles. The van der Waals surface area contributed by atoms with E-state index in [9.17, 15) is 13.6 Å².